The number of fused-ring (bicyclic) bond motifs is 2. The van der Waals surface area contributed by atoms with Gasteiger partial charge in [0.15, 0.2) is 15.7 Å². The van der Waals surface area contributed by atoms with E-state index in [0.717, 1.165) is 29.9 Å². The van der Waals surface area contributed by atoms with Crippen LogP contribution < -0.4 is 15.2 Å². The number of hydrogen-bond donors (Lipinski definition) is 1. The fourth-order valence-corrected chi connectivity index (χ4v) is 7.66. The fraction of sp³-hybridized carbons (Fsp3) is 0.550. The maximum atomic E-state index is 10.4. The Morgan fingerprint density at radius 1 is 1.14 bits per heavy atom. The molecule has 3 aliphatic rings. The van der Waals surface area contributed by atoms with Crippen LogP contribution in [0.25, 0.3) is 0 Å². The summed E-state index contributed by atoms with van der Waals surface area (Å²) >= 11 is 3.30. The van der Waals surface area contributed by atoms with Gasteiger partial charge in [-0.2, -0.15) is 10.5 Å². The molecule has 1 aromatic carbocycles. The van der Waals surface area contributed by atoms with E-state index in [4.69, 9.17) is 20.2 Å². The average molecular weight is 415 g/mol. The molecule has 1 aliphatic carbocycles. The molecule has 6 nitrogen and oxygen atoms in total. The van der Waals surface area contributed by atoms with Gasteiger partial charge in [-0.3, -0.25) is 0 Å². The van der Waals surface area contributed by atoms with E-state index in [1.807, 2.05) is 18.2 Å². The molecular formula is C20H22N4O2S2. The Morgan fingerprint density at radius 3 is 2.43 bits per heavy atom. The molecule has 0 spiro atoms. The molecular weight excluding hydrogens is 392 g/mol. The third-order valence-electron chi connectivity index (χ3n) is 5.66. The second-order valence-corrected chi connectivity index (χ2v) is 10.00. The van der Waals surface area contributed by atoms with Crippen LogP contribution in [0.15, 0.2) is 23.2 Å². The number of nitrogens with zero attached hydrogens (tertiary/aromatic N) is 3. The van der Waals surface area contributed by atoms with E-state index >= 15 is 0 Å². The zero-order chi connectivity index (χ0) is 20.0. The minimum atomic E-state index is -1.10. The Bertz CT molecular complexity index is 914. The van der Waals surface area contributed by atoms with Crippen LogP contribution in [0.1, 0.15) is 38.2 Å². The molecule has 0 saturated heterocycles. The van der Waals surface area contributed by atoms with Crippen molar-refractivity contribution in [3.05, 3.63) is 23.8 Å². The first-order valence-electron chi connectivity index (χ1n) is 9.42. The molecule has 0 aromatic heterocycles. The van der Waals surface area contributed by atoms with E-state index in [1.54, 1.807) is 23.5 Å². The SMILES string of the molecule is CCCSC1(SCCC)N=C(N)C2(C#N)C(c3ccc4c(c3)OCO4)C12C#N. The molecule has 2 heterocycles. The highest BCUT2D eigenvalue weighted by Crippen LogP contribution is 2.85. The summed E-state index contributed by atoms with van der Waals surface area (Å²) in [6.07, 6.45) is 1.93. The van der Waals surface area contributed by atoms with Gasteiger partial charge in [-0.25, -0.2) is 4.99 Å². The number of ether oxygens (including phenoxy) is 2. The number of thioether (sulfide) groups is 2. The minimum absolute atomic E-state index is 0.183. The minimum Gasteiger partial charge on any atom is -0.454 e. The third-order valence-corrected chi connectivity index (χ3v) is 9.20. The van der Waals surface area contributed by atoms with E-state index in [1.165, 1.54) is 0 Å². The van der Waals surface area contributed by atoms with Gasteiger partial charge in [-0.1, -0.05) is 19.9 Å². The van der Waals surface area contributed by atoms with E-state index in [-0.39, 0.29) is 18.5 Å². The topological polar surface area (TPSA) is 104 Å². The second kappa shape index (κ2) is 6.79. The van der Waals surface area contributed by atoms with Gasteiger partial charge in [0, 0.05) is 5.92 Å². The summed E-state index contributed by atoms with van der Waals surface area (Å²) < 4.78 is 10.2. The van der Waals surface area contributed by atoms with Crippen molar-refractivity contribution >= 4 is 29.4 Å². The third kappa shape index (κ3) is 2.19. The maximum absolute atomic E-state index is 10.4. The quantitative estimate of drug-likeness (QED) is 0.676. The zero-order valence-corrected chi connectivity index (χ0v) is 17.5. The highest BCUT2D eigenvalue weighted by atomic mass is 32.2. The molecule has 3 unspecified atom stereocenters. The average Bonchev–Trinajstić information content (AvgIpc) is 2.97. The lowest BCUT2D eigenvalue weighted by molar-refractivity contribution is 0.174. The summed E-state index contributed by atoms with van der Waals surface area (Å²) in [5, 5.41) is 20.6. The van der Waals surface area contributed by atoms with Gasteiger partial charge in [0.1, 0.15) is 16.7 Å². The summed E-state index contributed by atoms with van der Waals surface area (Å²) in [5.74, 6) is 2.98. The van der Waals surface area contributed by atoms with E-state index in [9.17, 15) is 10.5 Å². The molecule has 8 heteroatoms. The van der Waals surface area contributed by atoms with Crippen LogP contribution in [0.2, 0.25) is 0 Å². The molecule has 0 amide bonds. The van der Waals surface area contributed by atoms with Crippen molar-refractivity contribution in [1.29, 1.82) is 10.5 Å². The molecule has 1 fully saturated rings. The molecule has 4 rings (SSSR count). The van der Waals surface area contributed by atoms with Gasteiger partial charge in [0.2, 0.25) is 6.79 Å². The standard InChI is InChI=1S/C20H22N4O2S2/c1-3-7-27-20(28-8-4-2)19(11-22)16(18(19,10-21)17(23)24-20)13-5-6-14-15(9-13)26-12-25-14/h5-6,9,16H,3-4,7-8,12H2,1-2H3,(H2,23,24). The summed E-state index contributed by atoms with van der Waals surface area (Å²) in [6.45, 7) is 4.39. The molecule has 3 atom stereocenters. The van der Waals surface area contributed by atoms with Crippen LogP contribution in [-0.4, -0.2) is 28.3 Å². The van der Waals surface area contributed by atoms with Crippen LogP contribution in [0, 0.1) is 33.5 Å². The molecule has 0 bridgehead atoms. The Morgan fingerprint density at radius 2 is 1.82 bits per heavy atom. The lowest BCUT2D eigenvalue weighted by atomic mass is 9.97. The van der Waals surface area contributed by atoms with Crippen molar-refractivity contribution in [2.24, 2.45) is 21.6 Å². The van der Waals surface area contributed by atoms with Crippen molar-refractivity contribution in [1.82, 2.24) is 0 Å². The highest BCUT2D eigenvalue weighted by molar-refractivity contribution is 8.18. The van der Waals surface area contributed by atoms with Gasteiger partial charge in [0.05, 0.1) is 12.1 Å². The highest BCUT2D eigenvalue weighted by Gasteiger charge is 2.92. The maximum Gasteiger partial charge on any atom is 0.231 e. The monoisotopic (exact) mass is 414 g/mol. The van der Waals surface area contributed by atoms with Crippen LogP contribution in [0.5, 0.6) is 11.5 Å². The summed E-state index contributed by atoms with van der Waals surface area (Å²) in [4.78, 5) is 4.78. The number of hydrogen-bond acceptors (Lipinski definition) is 8. The Kier molecular flexibility index (Phi) is 4.68. The van der Waals surface area contributed by atoms with Crippen LogP contribution in [-0.2, 0) is 0 Å². The zero-order valence-electron chi connectivity index (χ0n) is 15.9. The Balaban J connectivity index is 1.84. The lowest BCUT2D eigenvalue weighted by Crippen LogP contribution is -2.32. The largest absolute Gasteiger partial charge is 0.454 e. The fourth-order valence-electron chi connectivity index (χ4n) is 4.43. The molecule has 146 valence electrons. The van der Waals surface area contributed by atoms with Gasteiger partial charge in [-0.15, -0.1) is 23.5 Å². The van der Waals surface area contributed by atoms with Crippen LogP contribution in [0.3, 0.4) is 0 Å². The van der Waals surface area contributed by atoms with Gasteiger partial charge < -0.3 is 15.2 Å². The molecule has 0 radical (unpaired) electrons. The molecule has 1 saturated carbocycles. The number of aliphatic imine (C=N–C) groups is 1. The normalized spacial score (nSPS) is 30.9. The van der Waals surface area contributed by atoms with E-state index in [0.29, 0.717) is 11.5 Å². The first-order valence-corrected chi connectivity index (χ1v) is 11.4. The lowest BCUT2D eigenvalue weighted by Gasteiger charge is -2.32. The first-order chi connectivity index (χ1) is 13.6. The van der Waals surface area contributed by atoms with Gasteiger partial charge in [-0.05, 0) is 42.0 Å². The van der Waals surface area contributed by atoms with E-state index < -0.39 is 15.0 Å². The van der Waals surface area contributed by atoms with Crippen molar-refractivity contribution in [3.8, 4) is 23.6 Å². The predicted octanol–water partition coefficient (Wildman–Crippen LogP) is 3.84. The van der Waals surface area contributed by atoms with Crippen molar-refractivity contribution in [3.63, 3.8) is 0 Å². The number of rotatable bonds is 7. The predicted molar refractivity (Wildman–Crippen MR) is 111 cm³/mol. The first kappa shape index (κ1) is 19.3. The van der Waals surface area contributed by atoms with Crippen LogP contribution >= 0.6 is 23.5 Å². The number of nitriles is 2. The smallest absolute Gasteiger partial charge is 0.231 e. The molecule has 1 aromatic rings. The second-order valence-electron chi connectivity index (χ2n) is 7.16. The van der Waals surface area contributed by atoms with E-state index in [2.05, 4.69) is 26.0 Å². The van der Waals surface area contributed by atoms with Crippen LogP contribution in [0.4, 0.5) is 0 Å². The Hall–Kier alpha value is -2.03. The molecule has 28 heavy (non-hydrogen) atoms. The number of nitrogens with two attached hydrogens (primary N) is 1. The molecule has 2 aliphatic heterocycles. The van der Waals surface area contributed by atoms with Crippen molar-refractivity contribution < 1.29 is 9.47 Å². The summed E-state index contributed by atoms with van der Waals surface area (Å²) in [7, 11) is 0. The Labute approximate surface area is 173 Å². The summed E-state index contributed by atoms with van der Waals surface area (Å²) in [5.41, 5.74) is 5.16. The number of amidine groups is 1. The van der Waals surface area contributed by atoms with Crippen molar-refractivity contribution in [2.75, 3.05) is 18.3 Å². The number of benzene rings is 1. The van der Waals surface area contributed by atoms with Crippen molar-refractivity contribution in [2.45, 2.75) is 36.8 Å². The van der Waals surface area contributed by atoms with Gasteiger partial charge in [0.25, 0.3) is 0 Å². The van der Waals surface area contributed by atoms with Gasteiger partial charge >= 0.3 is 0 Å². The summed E-state index contributed by atoms with van der Waals surface area (Å²) in [6, 6.07) is 10.6. The molecule has 2 N–H and O–H groups in total.